The van der Waals surface area contributed by atoms with Gasteiger partial charge in [-0.25, -0.2) is 4.98 Å². The zero-order chi connectivity index (χ0) is 12.6. The van der Waals surface area contributed by atoms with Crippen LogP contribution in [-0.4, -0.2) is 9.97 Å². The summed E-state index contributed by atoms with van der Waals surface area (Å²) >= 11 is 5.20. The van der Waals surface area contributed by atoms with E-state index in [-0.39, 0.29) is 5.41 Å². The van der Waals surface area contributed by atoms with Crippen molar-refractivity contribution in [1.29, 1.82) is 0 Å². The minimum Gasteiger partial charge on any atom is -0.461 e. The molecule has 0 aromatic carbocycles. The van der Waals surface area contributed by atoms with Gasteiger partial charge in [0.1, 0.15) is 4.64 Å². The molecule has 2 rings (SSSR count). The Hall–Kier alpha value is -1.42. The maximum absolute atomic E-state index is 5.43. The Morgan fingerprint density at radius 3 is 2.59 bits per heavy atom. The van der Waals surface area contributed by atoms with Gasteiger partial charge < -0.3 is 9.40 Å². The first kappa shape index (κ1) is 12.0. The van der Waals surface area contributed by atoms with Crippen LogP contribution in [0.2, 0.25) is 0 Å². The predicted octanol–water partition coefficient (Wildman–Crippen LogP) is 4.01. The third-order valence-corrected chi connectivity index (χ3v) is 2.84. The molecule has 0 spiro atoms. The molecule has 0 bridgehead atoms. The first-order valence-corrected chi connectivity index (χ1v) is 5.95. The van der Waals surface area contributed by atoms with Gasteiger partial charge in [-0.15, -0.1) is 0 Å². The van der Waals surface area contributed by atoms with E-state index in [2.05, 4.69) is 30.7 Å². The number of furan rings is 1. The van der Waals surface area contributed by atoms with Gasteiger partial charge in [0.25, 0.3) is 0 Å². The Kier molecular flexibility index (Phi) is 2.91. The van der Waals surface area contributed by atoms with Crippen LogP contribution in [0.5, 0.6) is 0 Å². The van der Waals surface area contributed by atoms with Gasteiger partial charge in [-0.1, -0.05) is 33.0 Å². The molecule has 0 atom stereocenters. The number of hydrogen-bond donors (Lipinski definition) is 1. The van der Waals surface area contributed by atoms with E-state index in [1.54, 1.807) is 6.26 Å². The zero-order valence-electron chi connectivity index (χ0n) is 10.5. The van der Waals surface area contributed by atoms with Gasteiger partial charge >= 0.3 is 0 Å². The summed E-state index contributed by atoms with van der Waals surface area (Å²) in [4.78, 5) is 7.61. The fourth-order valence-electron chi connectivity index (χ4n) is 1.58. The Bertz CT molecular complexity index is 590. The molecule has 3 nitrogen and oxygen atoms in total. The summed E-state index contributed by atoms with van der Waals surface area (Å²) in [5, 5.41) is 0. The molecule has 4 heteroatoms. The highest BCUT2D eigenvalue weighted by Crippen LogP contribution is 2.25. The largest absolute Gasteiger partial charge is 0.461 e. The van der Waals surface area contributed by atoms with Crippen LogP contribution in [0.3, 0.4) is 0 Å². The normalized spacial score (nSPS) is 11.8. The first-order chi connectivity index (χ1) is 7.88. The fraction of sp³-hybridized carbons (Fsp3) is 0.385. The molecule has 2 aromatic heterocycles. The number of aryl methyl sites for hydroxylation is 1. The number of nitrogens with zero attached hydrogens (tertiary/aromatic N) is 1. The van der Waals surface area contributed by atoms with E-state index >= 15 is 0 Å². The fourth-order valence-corrected chi connectivity index (χ4v) is 1.79. The molecule has 0 saturated heterocycles. The van der Waals surface area contributed by atoms with Gasteiger partial charge in [0.15, 0.2) is 11.6 Å². The van der Waals surface area contributed by atoms with Crippen molar-refractivity contribution in [2.24, 2.45) is 0 Å². The van der Waals surface area contributed by atoms with E-state index in [1.807, 2.05) is 19.1 Å². The van der Waals surface area contributed by atoms with Gasteiger partial charge in [-0.2, -0.15) is 0 Å². The van der Waals surface area contributed by atoms with Crippen LogP contribution in [0.25, 0.3) is 11.6 Å². The summed E-state index contributed by atoms with van der Waals surface area (Å²) < 4.78 is 6.02. The average molecular weight is 248 g/mol. The van der Waals surface area contributed by atoms with Crippen LogP contribution in [0.15, 0.2) is 22.8 Å². The van der Waals surface area contributed by atoms with E-state index in [9.17, 15) is 0 Å². The second-order valence-electron chi connectivity index (χ2n) is 5.16. The molecule has 0 radical (unpaired) electrons. The smallest absolute Gasteiger partial charge is 0.175 e. The summed E-state index contributed by atoms with van der Waals surface area (Å²) in [5.41, 5.74) is 2.11. The molecule has 0 aliphatic carbocycles. The van der Waals surface area contributed by atoms with Crippen molar-refractivity contribution >= 4 is 12.2 Å². The maximum Gasteiger partial charge on any atom is 0.175 e. The lowest BCUT2D eigenvalue weighted by molar-refractivity contribution is 0.555. The van der Waals surface area contributed by atoms with Crippen LogP contribution in [0.4, 0.5) is 0 Å². The molecule has 0 aliphatic heterocycles. The molecule has 90 valence electrons. The minimum atomic E-state index is 0.00570. The van der Waals surface area contributed by atoms with E-state index in [0.29, 0.717) is 10.5 Å². The third kappa shape index (κ3) is 2.47. The van der Waals surface area contributed by atoms with Crippen molar-refractivity contribution in [3.8, 4) is 11.6 Å². The number of nitrogens with one attached hydrogen (secondary N) is 1. The molecule has 0 fully saturated rings. The van der Waals surface area contributed by atoms with E-state index in [0.717, 1.165) is 17.0 Å². The van der Waals surface area contributed by atoms with Gasteiger partial charge in [-0.05, 0) is 24.6 Å². The molecule has 2 heterocycles. The third-order valence-electron chi connectivity index (χ3n) is 2.63. The van der Waals surface area contributed by atoms with E-state index < -0.39 is 0 Å². The molecule has 0 aliphatic rings. The van der Waals surface area contributed by atoms with Crippen LogP contribution in [0.1, 0.15) is 32.0 Å². The lowest BCUT2D eigenvalue weighted by atomic mass is 9.92. The van der Waals surface area contributed by atoms with Crippen molar-refractivity contribution in [3.63, 3.8) is 0 Å². The molecule has 2 aromatic rings. The number of aromatic nitrogens is 2. The number of hydrogen-bond acceptors (Lipinski definition) is 3. The number of aromatic amines is 1. The van der Waals surface area contributed by atoms with Crippen LogP contribution < -0.4 is 0 Å². The highest BCUT2D eigenvalue weighted by molar-refractivity contribution is 7.71. The second-order valence-corrected chi connectivity index (χ2v) is 5.58. The Labute approximate surface area is 106 Å². The second kappa shape index (κ2) is 4.11. The maximum atomic E-state index is 5.43. The minimum absolute atomic E-state index is 0.00570. The quantitative estimate of drug-likeness (QED) is 0.775. The van der Waals surface area contributed by atoms with Crippen LogP contribution in [-0.2, 0) is 5.41 Å². The van der Waals surface area contributed by atoms with Crippen molar-refractivity contribution in [1.82, 2.24) is 9.97 Å². The molecular formula is C13H16N2OS. The summed E-state index contributed by atoms with van der Waals surface area (Å²) in [5.74, 6) is 1.45. The monoisotopic (exact) mass is 248 g/mol. The average Bonchev–Trinajstić information content (AvgIpc) is 2.62. The predicted molar refractivity (Wildman–Crippen MR) is 70.6 cm³/mol. The van der Waals surface area contributed by atoms with Crippen molar-refractivity contribution < 1.29 is 4.42 Å². The number of rotatable bonds is 1. The Balaban J connectivity index is 2.61. The van der Waals surface area contributed by atoms with E-state index in [4.69, 9.17) is 16.6 Å². The standard InChI is InChI=1S/C13H16N2OS/c1-8-5-6-16-11(8)12-14-9(13(2,3)4)7-10(17)15-12/h5-7H,1-4H3,(H,14,15,17). The summed E-state index contributed by atoms with van der Waals surface area (Å²) in [6.07, 6.45) is 1.66. The summed E-state index contributed by atoms with van der Waals surface area (Å²) in [6, 6.07) is 3.81. The van der Waals surface area contributed by atoms with Crippen LogP contribution >= 0.6 is 12.2 Å². The van der Waals surface area contributed by atoms with Crippen molar-refractivity contribution in [3.05, 3.63) is 34.3 Å². The summed E-state index contributed by atoms with van der Waals surface area (Å²) in [7, 11) is 0. The van der Waals surface area contributed by atoms with Crippen molar-refractivity contribution in [2.75, 3.05) is 0 Å². The first-order valence-electron chi connectivity index (χ1n) is 5.54. The van der Waals surface area contributed by atoms with Crippen LogP contribution in [0, 0.1) is 11.6 Å². The van der Waals surface area contributed by atoms with E-state index in [1.165, 1.54) is 0 Å². The molecular weight excluding hydrogens is 232 g/mol. The van der Waals surface area contributed by atoms with Crippen molar-refractivity contribution in [2.45, 2.75) is 33.1 Å². The van der Waals surface area contributed by atoms with Gasteiger partial charge in [0.05, 0.1) is 6.26 Å². The molecule has 0 saturated carbocycles. The molecule has 1 N–H and O–H groups in total. The Morgan fingerprint density at radius 1 is 1.35 bits per heavy atom. The SMILES string of the molecule is Cc1ccoc1-c1nc(=S)cc(C(C)(C)C)[nH]1. The van der Waals surface area contributed by atoms with Gasteiger partial charge in [0, 0.05) is 11.1 Å². The topological polar surface area (TPSA) is 41.8 Å². The molecule has 0 unspecified atom stereocenters. The van der Waals surface area contributed by atoms with Gasteiger partial charge in [0.2, 0.25) is 0 Å². The summed E-state index contributed by atoms with van der Waals surface area (Å²) in [6.45, 7) is 8.38. The lowest BCUT2D eigenvalue weighted by Crippen LogP contribution is -2.14. The Morgan fingerprint density at radius 2 is 2.06 bits per heavy atom. The number of H-pyrrole nitrogens is 1. The molecule has 0 amide bonds. The molecule has 17 heavy (non-hydrogen) atoms. The highest BCUT2D eigenvalue weighted by atomic mass is 32.1. The zero-order valence-corrected chi connectivity index (χ0v) is 11.3. The van der Waals surface area contributed by atoms with Gasteiger partial charge in [-0.3, -0.25) is 0 Å². The highest BCUT2D eigenvalue weighted by Gasteiger charge is 2.17. The lowest BCUT2D eigenvalue weighted by Gasteiger charge is -2.19.